The zero-order valence-electron chi connectivity index (χ0n) is 19.9. The van der Waals surface area contributed by atoms with Crippen molar-refractivity contribution in [1.82, 2.24) is 19.3 Å². The molecule has 1 fully saturated rings. The SMILES string of the molecule is Cc1ncnc(C(F)F)c1-c1ccc2c(C(NS(=O)(=O)C3CC3)C(F)F)cn(CC(C)(C)C)c2c1. The summed E-state index contributed by atoms with van der Waals surface area (Å²) < 4.78 is 84.7. The van der Waals surface area contributed by atoms with Gasteiger partial charge in [0.15, 0.2) is 0 Å². The number of hydrogen-bond acceptors (Lipinski definition) is 4. The summed E-state index contributed by atoms with van der Waals surface area (Å²) in [7, 11) is -3.89. The topological polar surface area (TPSA) is 76.9 Å². The highest BCUT2D eigenvalue weighted by atomic mass is 32.2. The lowest BCUT2D eigenvalue weighted by Crippen LogP contribution is -2.35. The van der Waals surface area contributed by atoms with Crippen molar-refractivity contribution in [2.45, 2.75) is 71.2 Å². The van der Waals surface area contributed by atoms with E-state index in [9.17, 15) is 26.0 Å². The first-order chi connectivity index (χ1) is 16.3. The summed E-state index contributed by atoms with van der Waals surface area (Å²) in [6.07, 6.45) is -2.28. The van der Waals surface area contributed by atoms with Crippen molar-refractivity contribution in [2.24, 2.45) is 5.41 Å². The van der Waals surface area contributed by atoms with Gasteiger partial charge in [0, 0.05) is 40.5 Å². The molecule has 0 saturated heterocycles. The molecule has 0 spiro atoms. The number of alkyl halides is 4. The largest absolute Gasteiger partial charge is 0.347 e. The molecule has 0 amide bonds. The summed E-state index contributed by atoms with van der Waals surface area (Å²) in [6, 6.07) is 3.05. The molecule has 1 aliphatic carbocycles. The standard InChI is InChI=1S/C24H28F4N4O2S/c1-13-19(21(23(27)28)30-12-29-13)14-5-8-16-17(10-32(18(16)9-14)11-24(2,3)4)20(22(25)26)31-35(33,34)15-6-7-15/h5,8-10,12,15,20,22-23,31H,6-7,11H2,1-4H3. The average Bonchev–Trinajstić information content (AvgIpc) is 3.55. The van der Waals surface area contributed by atoms with E-state index >= 15 is 0 Å². The van der Waals surface area contributed by atoms with E-state index in [2.05, 4.69) is 14.7 Å². The summed E-state index contributed by atoms with van der Waals surface area (Å²) in [5, 5.41) is -0.220. The zero-order valence-corrected chi connectivity index (χ0v) is 20.7. The monoisotopic (exact) mass is 512 g/mol. The predicted octanol–water partition coefficient (Wildman–Crippen LogP) is 5.78. The predicted molar refractivity (Wildman–Crippen MR) is 126 cm³/mol. The molecule has 35 heavy (non-hydrogen) atoms. The Balaban J connectivity index is 1.90. The third-order valence-corrected chi connectivity index (χ3v) is 7.89. The number of nitrogens with zero attached hydrogens (tertiary/aromatic N) is 3. The molecule has 1 aliphatic rings. The van der Waals surface area contributed by atoms with E-state index in [1.807, 2.05) is 20.8 Å². The van der Waals surface area contributed by atoms with E-state index in [0.717, 1.165) is 6.33 Å². The highest BCUT2D eigenvalue weighted by Crippen LogP contribution is 2.38. The fraction of sp³-hybridized carbons (Fsp3) is 0.500. The fourth-order valence-corrected chi connectivity index (χ4v) is 5.81. The maximum absolute atomic E-state index is 14.2. The smallest absolute Gasteiger partial charge is 0.281 e. The van der Waals surface area contributed by atoms with Crippen molar-refractivity contribution in [2.75, 3.05) is 0 Å². The van der Waals surface area contributed by atoms with Gasteiger partial charge in [-0.1, -0.05) is 32.9 Å². The quantitative estimate of drug-likeness (QED) is 0.388. The molecule has 1 atom stereocenters. The molecule has 1 unspecified atom stereocenters. The Hall–Kier alpha value is -2.53. The van der Waals surface area contributed by atoms with E-state index < -0.39 is 39.9 Å². The first kappa shape index (κ1) is 25.6. The van der Waals surface area contributed by atoms with Crippen LogP contribution < -0.4 is 4.72 Å². The number of sulfonamides is 1. The molecule has 0 radical (unpaired) electrons. The van der Waals surface area contributed by atoms with Gasteiger partial charge in [-0.3, -0.25) is 0 Å². The first-order valence-electron chi connectivity index (χ1n) is 11.3. The van der Waals surface area contributed by atoms with E-state index in [-0.39, 0.29) is 16.5 Å². The minimum Gasteiger partial charge on any atom is -0.347 e. The van der Waals surface area contributed by atoms with Crippen LogP contribution in [0.1, 0.15) is 63.0 Å². The highest BCUT2D eigenvalue weighted by molar-refractivity contribution is 7.90. The van der Waals surface area contributed by atoms with Gasteiger partial charge in [-0.15, -0.1) is 0 Å². The second-order valence-electron chi connectivity index (χ2n) is 10.2. The number of nitrogens with one attached hydrogen (secondary N) is 1. The van der Waals surface area contributed by atoms with E-state index in [1.165, 1.54) is 6.20 Å². The van der Waals surface area contributed by atoms with Crippen LogP contribution in [-0.4, -0.2) is 34.6 Å². The van der Waals surface area contributed by atoms with Crippen LogP contribution in [0.15, 0.2) is 30.7 Å². The number of hydrogen-bond donors (Lipinski definition) is 1. The molecule has 0 bridgehead atoms. The van der Waals surface area contributed by atoms with Gasteiger partial charge in [0.2, 0.25) is 10.0 Å². The van der Waals surface area contributed by atoms with Crippen molar-refractivity contribution in [3.8, 4) is 11.1 Å². The molecule has 2 heterocycles. The molecule has 2 aromatic heterocycles. The van der Waals surface area contributed by atoms with Crippen molar-refractivity contribution < 1.29 is 26.0 Å². The van der Waals surface area contributed by atoms with Crippen LogP contribution in [-0.2, 0) is 16.6 Å². The number of benzene rings is 1. The second kappa shape index (κ2) is 9.16. The van der Waals surface area contributed by atoms with Crippen LogP contribution in [0, 0.1) is 12.3 Å². The normalized spacial score (nSPS) is 15.9. The van der Waals surface area contributed by atoms with Crippen LogP contribution in [0.4, 0.5) is 17.6 Å². The number of fused-ring (bicyclic) bond motifs is 1. The van der Waals surface area contributed by atoms with E-state index in [0.29, 0.717) is 41.5 Å². The van der Waals surface area contributed by atoms with Crippen LogP contribution in [0.25, 0.3) is 22.0 Å². The van der Waals surface area contributed by atoms with Gasteiger partial charge in [0.25, 0.3) is 12.9 Å². The Kier molecular flexibility index (Phi) is 6.69. The Bertz CT molecular complexity index is 1350. The molecule has 6 nitrogen and oxygen atoms in total. The molecule has 4 rings (SSSR count). The summed E-state index contributed by atoms with van der Waals surface area (Å²) in [4.78, 5) is 7.81. The van der Waals surface area contributed by atoms with Crippen molar-refractivity contribution in [1.29, 1.82) is 0 Å². The number of rotatable bonds is 8. The van der Waals surface area contributed by atoms with E-state index in [4.69, 9.17) is 0 Å². The number of aromatic nitrogens is 3. The van der Waals surface area contributed by atoms with Crippen LogP contribution >= 0.6 is 0 Å². The molecule has 1 aromatic carbocycles. The maximum Gasteiger partial charge on any atom is 0.281 e. The summed E-state index contributed by atoms with van der Waals surface area (Å²) in [6.45, 7) is 7.98. The Morgan fingerprint density at radius 1 is 1.14 bits per heavy atom. The molecular weight excluding hydrogens is 484 g/mol. The Morgan fingerprint density at radius 3 is 2.40 bits per heavy atom. The van der Waals surface area contributed by atoms with Gasteiger partial charge in [-0.25, -0.2) is 40.7 Å². The lowest BCUT2D eigenvalue weighted by molar-refractivity contribution is 0.109. The lowest BCUT2D eigenvalue weighted by atomic mass is 9.96. The van der Waals surface area contributed by atoms with Crippen molar-refractivity contribution in [3.05, 3.63) is 47.7 Å². The summed E-state index contributed by atoms with van der Waals surface area (Å²) in [5.74, 6) is 0. The minimum atomic E-state index is -3.89. The fourth-order valence-electron chi connectivity index (χ4n) is 4.28. The van der Waals surface area contributed by atoms with Crippen LogP contribution in [0.3, 0.4) is 0 Å². The van der Waals surface area contributed by atoms with Crippen LogP contribution in [0.5, 0.6) is 0 Å². The molecular formula is C24H28F4N4O2S. The van der Waals surface area contributed by atoms with Gasteiger partial charge < -0.3 is 4.57 Å². The number of aryl methyl sites for hydroxylation is 1. The lowest BCUT2D eigenvalue weighted by Gasteiger charge is -2.20. The first-order valence-corrected chi connectivity index (χ1v) is 12.9. The van der Waals surface area contributed by atoms with Crippen molar-refractivity contribution in [3.63, 3.8) is 0 Å². The molecule has 3 aromatic rings. The highest BCUT2D eigenvalue weighted by Gasteiger charge is 2.40. The Labute approximate surface area is 201 Å². The van der Waals surface area contributed by atoms with E-state index in [1.54, 1.807) is 29.7 Å². The zero-order chi connectivity index (χ0) is 25.7. The number of halogens is 4. The van der Waals surface area contributed by atoms with Gasteiger partial charge in [0.1, 0.15) is 18.1 Å². The van der Waals surface area contributed by atoms with Gasteiger partial charge in [0.05, 0.1) is 5.25 Å². The van der Waals surface area contributed by atoms with Gasteiger partial charge in [-0.05, 0) is 36.8 Å². The summed E-state index contributed by atoms with van der Waals surface area (Å²) in [5.41, 5.74) is 1.01. The van der Waals surface area contributed by atoms with Gasteiger partial charge in [-0.2, -0.15) is 0 Å². The molecule has 11 heteroatoms. The molecule has 1 N–H and O–H groups in total. The second-order valence-corrected chi connectivity index (χ2v) is 12.2. The van der Waals surface area contributed by atoms with Crippen molar-refractivity contribution >= 4 is 20.9 Å². The molecule has 0 aliphatic heterocycles. The van der Waals surface area contributed by atoms with Crippen LogP contribution in [0.2, 0.25) is 0 Å². The van der Waals surface area contributed by atoms with Gasteiger partial charge >= 0.3 is 0 Å². The maximum atomic E-state index is 14.2. The minimum absolute atomic E-state index is 0.144. The third kappa shape index (κ3) is 5.35. The summed E-state index contributed by atoms with van der Waals surface area (Å²) >= 11 is 0. The molecule has 1 saturated carbocycles. The Morgan fingerprint density at radius 2 is 1.83 bits per heavy atom. The average molecular weight is 513 g/mol. The third-order valence-electron chi connectivity index (χ3n) is 5.96. The molecule has 190 valence electrons.